The molecule has 1 aromatic rings. The van der Waals surface area contributed by atoms with Crippen LogP contribution in [-0.2, 0) is 11.3 Å². The highest BCUT2D eigenvalue weighted by atomic mass is 79.9. The summed E-state index contributed by atoms with van der Waals surface area (Å²) in [6.07, 6.45) is 6.66. The number of para-hydroxylation sites is 1. The third kappa shape index (κ3) is 4.76. The Balaban J connectivity index is 1.97. The van der Waals surface area contributed by atoms with E-state index in [-0.39, 0.29) is 0 Å². The maximum Gasteiger partial charge on any atom is 0.138 e. The summed E-state index contributed by atoms with van der Waals surface area (Å²) in [7, 11) is 1.72. The number of benzene rings is 1. The van der Waals surface area contributed by atoms with Crippen LogP contribution in [0.15, 0.2) is 22.7 Å². The number of hydrogen-bond donors (Lipinski definition) is 1. The van der Waals surface area contributed by atoms with E-state index in [1.165, 1.54) is 37.7 Å². The zero-order valence-electron chi connectivity index (χ0n) is 12.2. The van der Waals surface area contributed by atoms with Crippen LogP contribution < -0.4 is 10.1 Å². The van der Waals surface area contributed by atoms with Crippen molar-refractivity contribution in [3.05, 3.63) is 28.2 Å². The van der Waals surface area contributed by atoms with Gasteiger partial charge in [-0.1, -0.05) is 18.6 Å². The second kappa shape index (κ2) is 8.65. The van der Waals surface area contributed by atoms with Gasteiger partial charge in [0.25, 0.3) is 0 Å². The van der Waals surface area contributed by atoms with Crippen LogP contribution in [0, 0.1) is 0 Å². The van der Waals surface area contributed by atoms with Crippen molar-refractivity contribution in [3.8, 4) is 5.75 Å². The maximum absolute atomic E-state index is 6.26. The highest BCUT2D eigenvalue weighted by Crippen LogP contribution is 2.32. The molecule has 0 bridgehead atoms. The third-order valence-electron chi connectivity index (χ3n) is 3.68. The SMILES string of the molecule is COCCNCc1cccc(Br)c1OC1CCCCC1. The molecule has 1 fully saturated rings. The first-order valence-electron chi connectivity index (χ1n) is 7.45. The molecule has 0 spiro atoms. The van der Waals surface area contributed by atoms with Crippen molar-refractivity contribution >= 4 is 15.9 Å². The van der Waals surface area contributed by atoms with Crippen LogP contribution in [0.4, 0.5) is 0 Å². The molecular formula is C16H24BrNO2. The molecule has 0 aliphatic heterocycles. The monoisotopic (exact) mass is 341 g/mol. The van der Waals surface area contributed by atoms with E-state index in [9.17, 15) is 0 Å². The van der Waals surface area contributed by atoms with Gasteiger partial charge in [0.15, 0.2) is 0 Å². The molecule has 20 heavy (non-hydrogen) atoms. The van der Waals surface area contributed by atoms with Crippen molar-refractivity contribution in [1.82, 2.24) is 5.32 Å². The molecule has 2 rings (SSSR count). The van der Waals surface area contributed by atoms with Gasteiger partial charge in [-0.2, -0.15) is 0 Å². The summed E-state index contributed by atoms with van der Waals surface area (Å²) in [5, 5.41) is 3.38. The van der Waals surface area contributed by atoms with Crippen molar-refractivity contribution < 1.29 is 9.47 Å². The first-order chi connectivity index (χ1) is 9.81. The maximum atomic E-state index is 6.26. The quantitative estimate of drug-likeness (QED) is 0.763. The van der Waals surface area contributed by atoms with E-state index in [0.717, 1.165) is 29.9 Å². The molecule has 4 heteroatoms. The van der Waals surface area contributed by atoms with Crippen LogP contribution in [0.5, 0.6) is 5.75 Å². The average Bonchev–Trinajstić information content (AvgIpc) is 2.48. The minimum Gasteiger partial charge on any atom is -0.489 e. The van der Waals surface area contributed by atoms with Crippen LogP contribution in [0.2, 0.25) is 0 Å². The molecule has 1 aliphatic carbocycles. The van der Waals surface area contributed by atoms with Gasteiger partial charge in [-0.05, 0) is 47.7 Å². The van der Waals surface area contributed by atoms with Crippen LogP contribution in [0.1, 0.15) is 37.7 Å². The fourth-order valence-corrected chi connectivity index (χ4v) is 3.07. The molecule has 0 radical (unpaired) electrons. The van der Waals surface area contributed by atoms with E-state index in [1.54, 1.807) is 7.11 Å². The molecule has 1 aromatic carbocycles. The highest BCUT2D eigenvalue weighted by molar-refractivity contribution is 9.10. The zero-order chi connectivity index (χ0) is 14.2. The standard InChI is InChI=1S/C16H24BrNO2/c1-19-11-10-18-12-13-6-5-9-15(17)16(13)20-14-7-3-2-4-8-14/h5-6,9,14,18H,2-4,7-8,10-12H2,1H3. The van der Waals surface area contributed by atoms with Crippen LogP contribution in [-0.4, -0.2) is 26.4 Å². The van der Waals surface area contributed by atoms with E-state index >= 15 is 0 Å². The summed E-state index contributed by atoms with van der Waals surface area (Å²) in [5.74, 6) is 1.00. The Hall–Kier alpha value is -0.580. The second-order valence-corrected chi connectivity index (χ2v) is 6.13. The number of halogens is 1. The Morgan fingerprint density at radius 1 is 1.25 bits per heavy atom. The molecule has 0 unspecified atom stereocenters. The van der Waals surface area contributed by atoms with Crippen LogP contribution >= 0.6 is 15.9 Å². The van der Waals surface area contributed by atoms with Gasteiger partial charge in [0.05, 0.1) is 17.2 Å². The van der Waals surface area contributed by atoms with Crippen molar-refractivity contribution in [2.24, 2.45) is 0 Å². The summed E-state index contributed by atoms with van der Waals surface area (Å²) in [6, 6.07) is 6.24. The average molecular weight is 342 g/mol. The number of ether oxygens (including phenoxy) is 2. The van der Waals surface area contributed by atoms with Crippen molar-refractivity contribution in [1.29, 1.82) is 0 Å². The topological polar surface area (TPSA) is 30.5 Å². The fourth-order valence-electron chi connectivity index (χ4n) is 2.57. The zero-order valence-corrected chi connectivity index (χ0v) is 13.7. The Labute approximate surface area is 130 Å². The molecular weight excluding hydrogens is 318 g/mol. The lowest BCUT2D eigenvalue weighted by Gasteiger charge is -2.25. The number of nitrogens with one attached hydrogen (secondary N) is 1. The van der Waals surface area contributed by atoms with Gasteiger partial charge in [0.2, 0.25) is 0 Å². The molecule has 0 aromatic heterocycles. The van der Waals surface area contributed by atoms with Gasteiger partial charge in [-0.25, -0.2) is 0 Å². The Morgan fingerprint density at radius 2 is 2.05 bits per heavy atom. The first kappa shape index (κ1) is 15.8. The van der Waals surface area contributed by atoms with E-state index < -0.39 is 0 Å². The molecule has 112 valence electrons. The van der Waals surface area contributed by atoms with Crippen molar-refractivity contribution in [2.75, 3.05) is 20.3 Å². The molecule has 0 heterocycles. The largest absolute Gasteiger partial charge is 0.489 e. The molecule has 0 saturated heterocycles. The summed E-state index contributed by atoms with van der Waals surface area (Å²) >= 11 is 3.62. The van der Waals surface area contributed by atoms with Gasteiger partial charge in [0, 0.05) is 25.8 Å². The lowest BCUT2D eigenvalue weighted by molar-refractivity contribution is 0.152. The highest BCUT2D eigenvalue weighted by Gasteiger charge is 2.17. The Kier molecular flexibility index (Phi) is 6.83. The van der Waals surface area contributed by atoms with E-state index in [1.807, 2.05) is 0 Å². The molecule has 0 atom stereocenters. The van der Waals surface area contributed by atoms with Crippen molar-refractivity contribution in [3.63, 3.8) is 0 Å². The molecule has 1 aliphatic rings. The lowest BCUT2D eigenvalue weighted by atomic mass is 9.97. The molecule has 3 nitrogen and oxygen atoms in total. The second-order valence-electron chi connectivity index (χ2n) is 5.28. The normalized spacial score (nSPS) is 16.3. The number of rotatable bonds is 7. The fraction of sp³-hybridized carbons (Fsp3) is 0.625. The van der Waals surface area contributed by atoms with Gasteiger partial charge in [-0.3, -0.25) is 0 Å². The van der Waals surface area contributed by atoms with E-state index in [4.69, 9.17) is 9.47 Å². The van der Waals surface area contributed by atoms with Crippen molar-refractivity contribution in [2.45, 2.75) is 44.8 Å². The predicted molar refractivity (Wildman–Crippen MR) is 85.2 cm³/mol. The van der Waals surface area contributed by atoms with Crippen LogP contribution in [0.3, 0.4) is 0 Å². The lowest BCUT2D eigenvalue weighted by Crippen LogP contribution is -2.22. The minimum atomic E-state index is 0.375. The Bertz CT molecular complexity index is 405. The molecule has 1 saturated carbocycles. The number of methoxy groups -OCH3 is 1. The third-order valence-corrected chi connectivity index (χ3v) is 4.31. The van der Waals surface area contributed by atoms with Gasteiger partial charge >= 0.3 is 0 Å². The summed E-state index contributed by atoms with van der Waals surface area (Å²) in [5.41, 5.74) is 1.21. The van der Waals surface area contributed by atoms with Crippen LogP contribution in [0.25, 0.3) is 0 Å². The first-order valence-corrected chi connectivity index (χ1v) is 8.24. The number of hydrogen-bond acceptors (Lipinski definition) is 3. The van der Waals surface area contributed by atoms with Gasteiger partial charge in [0.1, 0.15) is 5.75 Å². The van der Waals surface area contributed by atoms with Gasteiger partial charge in [-0.15, -0.1) is 0 Å². The smallest absolute Gasteiger partial charge is 0.138 e. The summed E-state index contributed by atoms with van der Waals surface area (Å²) in [4.78, 5) is 0. The summed E-state index contributed by atoms with van der Waals surface area (Å²) < 4.78 is 12.4. The van der Waals surface area contributed by atoms with E-state index in [2.05, 4.69) is 39.4 Å². The predicted octanol–water partition coefficient (Wildman–Crippen LogP) is 3.90. The minimum absolute atomic E-state index is 0.375. The van der Waals surface area contributed by atoms with Gasteiger partial charge < -0.3 is 14.8 Å². The van der Waals surface area contributed by atoms with E-state index in [0.29, 0.717) is 6.10 Å². The Morgan fingerprint density at radius 3 is 2.80 bits per heavy atom. The summed E-state index contributed by atoms with van der Waals surface area (Å²) in [6.45, 7) is 2.39. The molecule has 0 amide bonds. The molecule has 1 N–H and O–H groups in total.